The Balaban J connectivity index is 1.83. The summed E-state index contributed by atoms with van der Waals surface area (Å²) in [4.78, 5) is 7.40. The lowest BCUT2D eigenvalue weighted by Gasteiger charge is -2.38. The average molecular weight is 361 g/mol. The van der Waals surface area contributed by atoms with Crippen molar-refractivity contribution in [2.24, 2.45) is 11.8 Å². The lowest BCUT2D eigenvalue weighted by atomic mass is 9.72. The third kappa shape index (κ3) is 2.86. The van der Waals surface area contributed by atoms with Gasteiger partial charge in [-0.2, -0.15) is 0 Å². The zero-order valence-electron chi connectivity index (χ0n) is 14.1. The lowest BCUT2D eigenvalue weighted by Crippen LogP contribution is -2.43. The number of rotatable bonds is 2. The van der Waals surface area contributed by atoms with Gasteiger partial charge in [-0.3, -0.25) is 0 Å². The van der Waals surface area contributed by atoms with Crippen LogP contribution < -0.4 is 4.65 Å². The van der Waals surface area contributed by atoms with Crippen LogP contribution in [0.3, 0.4) is 0 Å². The Morgan fingerprint density at radius 1 is 1.48 bits per heavy atom. The van der Waals surface area contributed by atoms with E-state index in [0.29, 0.717) is 24.8 Å². The first-order chi connectivity index (χ1) is 11.8. The van der Waals surface area contributed by atoms with Crippen molar-refractivity contribution in [1.29, 1.82) is 0 Å². The Labute approximate surface area is 146 Å². The quantitative estimate of drug-likeness (QED) is 0.786. The molecule has 2 aliphatic rings. The largest absolute Gasteiger partial charge is 0.552 e. The molecule has 2 atom stereocenters. The highest BCUT2D eigenvalue weighted by molar-refractivity contribution is 7.88. The number of hydrogen-bond donors (Lipinski definition) is 2. The zero-order chi connectivity index (χ0) is 17.8. The summed E-state index contributed by atoms with van der Waals surface area (Å²) in [5.41, 5.74) is 2.57. The van der Waals surface area contributed by atoms with Crippen LogP contribution in [0.1, 0.15) is 18.9 Å². The molecular formula is C16H20BN3O4S. The molecule has 0 saturated carbocycles. The van der Waals surface area contributed by atoms with E-state index in [1.807, 2.05) is 12.3 Å². The topological polar surface area (TPSA) is 95.5 Å². The molecule has 0 radical (unpaired) electrons. The van der Waals surface area contributed by atoms with Gasteiger partial charge in [-0.25, -0.2) is 17.7 Å². The SMILES string of the molecule is CC1CCN(S(C)(=O)=O)C[C@H]1C1=CB(O)Oc2cnc3[nH]ccc3c21. The van der Waals surface area contributed by atoms with Gasteiger partial charge in [-0.05, 0) is 30.0 Å². The van der Waals surface area contributed by atoms with Crippen LogP contribution in [-0.4, -0.2) is 54.2 Å². The van der Waals surface area contributed by atoms with Gasteiger partial charge in [0.1, 0.15) is 11.4 Å². The van der Waals surface area contributed by atoms with Crippen molar-refractivity contribution in [2.75, 3.05) is 19.3 Å². The van der Waals surface area contributed by atoms with Crippen molar-refractivity contribution in [3.05, 3.63) is 30.0 Å². The van der Waals surface area contributed by atoms with E-state index in [1.54, 1.807) is 12.2 Å². The molecule has 4 rings (SSSR count). The molecule has 2 aliphatic heterocycles. The average Bonchev–Trinajstić information content (AvgIpc) is 3.01. The van der Waals surface area contributed by atoms with Gasteiger partial charge in [-0.15, -0.1) is 0 Å². The number of piperidine rings is 1. The molecule has 0 aromatic carbocycles. The summed E-state index contributed by atoms with van der Waals surface area (Å²) in [6.45, 7) is 3.07. The van der Waals surface area contributed by atoms with Gasteiger partial charge >= 0.3 is 7.12 Å². The minimum Gasteiger partial charge on any atom is -0.531 e. The predicted molar refractivity (Wildman–Crippen MR) is 96.4 cm³/mol. The third-order valence-electron chi connectivity index (χ3n) is 5.20. The zero-order valence-corrected chi connectivity index (χ0v) is 15.0. The number of nitrogens with zero attached hydrogens (tertiary/aromatic N) is 2. The molecule has 25 heavy (non-hydrogen) atoms. The van der Waals surface area contributed by atoms with Gasteiger partial charge in [0.05, 0.1) is 12.5 Å². The second kappa shape index (κ2) is 5.86. The fraction of sp³-hybridized carbons (Fsp3) is 0.438. The summed E-state index contributed by atoms with van der Waals surface area (Å²) in [6, 6.07) is 1.93. The van der Waals surface area contributed by atoms with E-state index in [4.69, 9.17) is 4.65 Å². The number of hydrogen-bond acceptors (Lipinski definition) is 5. The van der Waals surface area contributed by atoms with Crippen LogP contribution in [0.5, 0.6) is 5.75 Å². The van der Waals surface area contributed by atoms with E-state index >= 15 is 0 Å². The molecule has 132 valence electrons. The first-order valence-electron chi connectivity index (χ1n) is 8.32. The summed E-state index contributed by atoms with van der Waals surface area (Å²) in [7, 11) is -4.30. The Bertz CT molecular complexity index is 955. The highest BCUT2D eigenvalue weighted by atomic mass is 32.2. The van der Waals surface area contributed by atoms with E-state index < -0.39 is 17.1 Å². The Hall–Kier alpha value is -1.84. The van der Waals surface area contributed by atoms with Gasteiger partial charge in [0.2, 0.25) is 10.0 Å². The number of sulfonamides is 1. The van der Waals surface area contributed by atoms with Gasteiger partial charge in [0.15, 0.2) is 0 Å². The maximum Gasteiger partial charge on any atom is 0.552 e. The van der Waals surface area contributed by atoms with Crippen LogP contribution >= 0.6 is 0 Å². The summed E-state index contributed by atoms with van der Waals surface area (Å²) in [6.07, 6.45) is 5.44. The molecule has 9 heteroatoms. The minimum absolute atomic E-state index is 0.0127. The fourth-order valence-electron chi connectivity index (χ4n) is 3.83. The van der Waals surface area contributed by atoms with Crippen molar-refractivity contribution < 1.29 is 18.1 Å². The summed E-state index contributed by atoms with van der Waals surface area (Å²) >= 11 is 0. The molecule has 0 aliphatic carbocycles. The predicted octanol–water partition coefficient (Wildman–Crippen LogP) is 1.28. The van der Waals surface area contributed by atoms with Gasteiger partial charge in [-0.1, -0.05) is 6.92 Å². The molecule has 2 N–H and O–H groups in total. The molecule has 1 fully saturated rings. The third-order valence-corrected chi connectivity index (χ3v) is 6.47. The highest BCUT2D eigenvalue weighted by Crippen LogP contribution is 2.43. The molecule has 4 heterocycles. The van der Waals surface area contributed by atoms with E-state index in [0.717, 1.165) is 28.6 Å². The number of aromatic nitrogens is 2. The van der Waals surface area contributed by atoms with Crippen molar-refractivity contribution in [2.45, 2.75) is 13.3 Å². The molecule has 2 aromatic heterocycles. The number of fused-ring (bicyclic) bond motifs is 3. The Morgan fingerprint density at radius 3 is 3.04 bits per heavy atom. The van der Waals surface area contributed by atoms with E-state index in [-0.39, 0.29) is 5.92 Å². The van der Waals surface area contributed by atoms with E-state index in [2.05, 4.69) is 16.9 Å². The molecule has 1 unspecified atom stereocenters. The van der Waals surface area contributed by atoms with Crippen molar-refractivity contribution in [1.82, 2.24) is 14.3 Å². The molecule has 2 aromatic rings. The molecule has 7 nitrogen and oxygen atoms in total. The number of aromatic amines is 1. The highest BCUT2D eigenvalue weighted by Gasteiger charge is 2.37. The number of nitrogens with one attached hydrogen (secondary N) is 1. The first kappa shape index (κ1) is 16.6. The van der Waals surface area contributed by atoms with Crippen molar-refractivity contribution in [3.63, 3.8) is 0 Å². The number of pyridine rings is 1. The second-order valence-corrected chi connectivity index (χ2v) is 8.84. The fourth-order valence-corrected chi connectivity index (χ4v) is 4.70. The van der Waals surface area contributed by atoms with Crippen LogP contribution in [-0.2, 0) is 10.0 Å². The maximum atomic E-state index is 12.0. The molecular weight excluding hydrogens is 341 g/mol. The molecule has 1 saturated heterocycles. The van der Waals surface area contributed by atoms with Crippen LogP contribution in [0, 0.1) is 11.8 Å². The van der Waals surface area contributed by atoms with E-state index in [1.165, 1.54) is 10.6 Å². The van der Waals surface area contributed by atoms with Gasteiger partial charge in [0.25, 0.3) is 0 Å². The van der Waals surface area contributed by atoms with Crippen molar-refractivity contribution >= 4 is 33.7 Å². The lowest BCUT2D eigenvalue weighted by molar-refractivity contribution is 0.240. The normalized spacial score (nSPS) is 24.8. The maximum absolute atomic E-state index is 12.0. The standard InChI is InChI=1S/C16H20BN3O4S/c1-10-4-6-20(25(2,22)23)9-13(10)12-7-17(21)24-14-8-19-16-11(15(12)14)3-5-18-16/h3,5,7-8,10,13,21H,4,6,9H2,1-2H3,(H,18,19)/t10?,13-/m1/s1. The molecule has 0 amide bonds. The molecule has 0 bridgehead atoms. The summed E-state index contributed by atoms with van der Waals surface area (Å²) in [5.74, 6) is 2.51. The summed E-state index contributed by atoms with van der Waals surface area (Å²) in [5, 5.41) is 11.0. The van der Waals surface area contributed by atoms with Gasteiger partial charge < -0.3 is 14.7 Å². The smallest absolute Gasteiger partial charge is 0.531 e. The van der Waals surface area contributed by atoms with Gasteiger partial charge in [0, 0.05) is 36.2 Å². The van der Waals surface area contributed by atoms with Crippen LogP contribution in [0.4, 0.5) is 0 Å². The first-order valence-corrected chi connectivity index (χ1v) is 10.2. The van der Waals surface area contributed by atoms with E-state index in [9.17, 15) is 13.4 Å². The Kier molecular flexibility index (Phi) is 3.90. The van der Waals surface area contributed by atoms with Crippen LogP contribution in [0.25, 0.3) is 16.6 Å². The molecule has 0 spiro atoms. The minimum atomic E-state index is -3.25. The monoisotopic (exact) mass is 361 g/mol. The van der Waals surface area contributed by atoms with Crippen molar-refractivity contribution in [3.8, 4) is 5.75 Å². The Morgan fingerprint density at radius 2 is 2.28 bits per heavy atom. The van der Waals surface area contributed by atoms with Crippen LogP contribution in [0.15, 0.2) is 24.4 Å². The number of H-pyrrole nitrogens is 1. The van der Waals surface area contributed by atoms with Crippen LogP contribution in [0.2, 0.25) is 0 Å². The second-order valence-electron chi connectivity index (χ2n) is 6.86. The summed E-state index contributed by atoms with van der Waals surface area (Å²) < 4.78 is 31.1.